The minimum atomic E-state index is 0.612. The molecule has 0 aromatic carbocycles. The number of rotatable bonds is 2. The van der Waals surface area contributed by atoms with Crippen molar-refractivity contribution in [2.24, 2.45) is 0 Å². The fourth-order valence-electron chi connectivity index (χ4n) is 0.825. The van der Waals surface area contributed by atoms with Crippen LogP contribution in [0.1, 0.15) is 6.42 Å². The Morgan fingerprint density at radius 3 is 2.70 bits per heavy atom. The molecule has 10 heavy (non-hydrogen) atoms. The van der Waals surface area contributed by atoms with E-state index in [9.17, 15) is 0 Å². The number of nitrogens with one attached hydrogen (secondary N) is 2. The van der Waals surface area contributed by atoms with Crippen LogP contribution in [0.2, 0.25) is 0 Å². The lowest BCUT2D eigenvalue weighted by Crippen LogP contribution is -2.40. The van der Waals surface area contributed by atoms with Crippen LogP contribution in [0.5, 0.6) is 0 Å². The summed E-state index contributed by atoms with van der Waals surface area (Å²) < 4.78 is 0. The summed E-state index contributed by atoms with van der Waals surface area (Å²) in [5.41, 5.74) is 0. The predicted octanol–water partition coefficient (Wildman–Crippen LogP) is 0.402. The average molecular weight is 139 g/mol. The third-order valence-electron chi connectivity index (χ3n) is 1.60. The van der Waals surface area contributed by atoms with E-state index in [1.165, 1.54) is 6.42 Å². The summed E-state index contributed by atoms with van der Waals surface area (Å²) in [6.07, 6.45) is 4.79. The smallest absolute Gasteiger partial charge is 0.122 e. The third-order valence-corrected chi connectivity index (χ3v) is 1.60. The van der Waals surface area contributed by atoms with Crippen molar-refractivity contribution in [1.29, 1.82) is 5.41 Å². The first-order chi connectivity index (χ1) is 4.84. The van der Waals surface area contributed by atoms with Crippen LogP contribution in [0.25, 0.3) is 0 Å². The van der Waals surface area contributed by atoms with Gasteiger partial charge in [-0.2, -0.15) is 0 Å². The molecule has 1 saturated heterocycles. The van der Waals surface area contributed by atoms with Gasteiger partial charge in [0, 0.05) is 20.1 Å². The second-order valence-corrected chi connectivity index (χ2v) is 2.35. The topological polar surface area (TPSA) is 39.1 Å². The first-order valence-electron chi connectivity index (χ1n) is 3.52. The summed E-state index contributed by atoms with van der Waals surface area (Å²) in [7, 11) is 1.83. The highest BCUT2D eigenvalue weighted by molar-refractivity contribution is 5.90. The molecule has 3 nitrogen and oxygen atoms in total. The zero-order chi connectivity index (χ0) is 7.40. The Kier molecular flexibility index (Phi) is 2.31. The number of nitrogens with zero attached hydrogens (tertiary/aromatic N) is 1. The Morgan fingerprint density at radius 2 is 2.30 bits per heavy atom. The summed E-state index contributed by atoms with van der Waals surface area (Å²) in [5, 5.41) is 10.3. The maximum atomic E-state index is 7.45. The summed E-state index contributed by atoms with van der Waals surface area (Å²) in [6.45, 7) is 2.10. The summed E-state index contributed by atoms with van der Waals surface area (Å²) in [5.74, 6) is 0.612. The van der Waals surface area contributed by atoms with E-state index in [-0.39, 0.29) is 0 Å². The maximum Gasteiger partial charge on any atom is 0.122 e. The van der Waals surface area contributed by atoms with Gasteiger partial charge in [-0.1, -0.05) is 0 Å². The van der Waals surface area contributed by atoms with Gasteiger partial charge in [-0.25, -0.2) is 0 Å². The Labute approximate surface area is 61.2 Å². The SMILES string of the molecule is CN/C=C\C(=N)N1CCC1. The van der Waals surface area contributed by atoms with Crippen molar-refractivity contribution in [3.63, 3.8) is 0 Å². The van der Waals surface area contributed by atoms with Gasteiger partial charge >= 0.3 is 0 Å². The largest absolute Gasteiger partial charge is 0.394 e. The molecule has 0 radical (unpaired) electrons. The molecule has 0 aliphatic carbocycles. The van der Waals surface area contributed by atoms with Crippen molar-refractivity contribution in [3.8, 4) is 0 Å². The summed E-state index contributed by atoms with van der Waals surface area (Å²) in [6, 6.07) is 0. The molecule has 0 amide bonds. The molecular formula is C7H13N3. The number of likely N-dealkylation sites (tertiary alicyclic amines) is 1. The molecule has 1 aliphatic rings. The third kappa shape index (κ3) is 1.50. The number of hydrogen-bond acceptors (Lipinski definition) is 2. The Morgan fingerprint density at radius 1 is 1.60 bits per heavy atom. The van der Waals surface area contributed by atoms with E-state index in [1.807, 2.05) is 11.9 Å². The van der Waals surface area contributed by atoms with Crippen molar-refractivity contribution in [1.82, 2.24) is 10.2 Å². The van der Waals surface area contributed by atoms with Crippen molar-refractivity contribution in [2.75, 3.05) is 20.1 Å². The Bertz CT molecular complexity index is 147. The molecule has 56 valence electrons. The average Bonchev–Trinajstić information content (AvgIpc) is 1.79. The zero-order valence-electron chi connectivity index (χ0n) is 6.22. The van der Waals surface area contributed by atoms with Crippen molar-refractivity contribution in [3.05, 3.63) is 12.3 Å². The highest BCUT2D eigenvalue weighted by Crippen LogP contribution is 2.05. The monoisotopic (exact) mass is 139 g/mol. The molecule has 0 atom stereocenters. The van der Waals surface area contributed by atoms with Crippen LogP contribution in [-0.2, 0) is 0 Å². The van der Waals surface area contributed by atoms with E-state index in [0.29, 0.717) is 5.84 Å². The Balaban J connectivity index is 2.26. The van der Waals surface area contributed by atoms with E-state index in [0.717, 1.165) is 13.1 Å². The summed E-state index contributed by atoms with van der Waals surface area (Å²) in [4.78, 5) is 2.04. The van der Waals surface area contributed by atoms with E-state index in [1.54, 1.807) is 12.3 Å². The summed E-state index contributed by atoms with van der Waals surface area (Å²) >= 11 is 0. The molecule has 1 aliphatic heterocycles. The van der Waals surface area contributed by atoms with E-state index >= 15 is 0 Å². The van der Waals surface area contributed by atoms with E-state index in [4.69, 9.17) is 5.41 Å². The maximum absolute atomic E-state index is 7.45. The van der Waals surface area contributed by atoms with Crippen LogP contribution in [0.15, 0.2) is 12.3 Å². The molecule has 2 N–H and O–H groups in total. The standard InChI is InChI=1S/C7H13N3/c1-9-4-3-7(8)10-5-2-6-10/h3-4,8-9H,2,5-6H2,1H3/b4-3-,8-7?. The van der Waals surface area contributed by atoms with Crippen LogP contribution >= 0.6 is 0 Å². The van der Waals surface area contributed by atoms with Gasteiger partial charge < -0.3 is 10.2 Å². The fraction of sp³-hybridized carbons (Fsp3) is 0.571. The minimum absolute atomic E-state index is 0.612. The molecule has 3 heteroatoms. The predicted molar refractivity (Wildman–Crippen MR) is 42.1 cm³/mol. The second kappa shape index (κ2) is 3.25. The van der Waals surface area contributed by atoms with Gasteiger partial charge in [-0.15, -0.1) is 0 Å². The van der Waals surface area contributed by atoms with Crippen LogP contribution in [0, 0.1) is 5.41 Å². The number of hydrogen-bond donors (Lipinski definition) is 2. The van der Waals surface area contributed by atoms with Gasteiger partial charge in [0.15, 0.2) is 0 Å². The highest BCUT2D eigenvalue weighted by atomic mass is 15.2. The first kappa shape index (κ1) is 7.12. The molecule has 0 saturated carbocycles. The second-order valence-electron chi connectivity index (χ2n) is 2.35. The van der Waals surface area contributed by atoms with Crippen LogP contribution in [0.4, 0.5) is 0 Å². The van der Waals surface area contributed by atoms with Crippen molar-refractivity contribution >= 4 is 5.84 Å². The lowest BCUT2D eigenvalue weighted by atomic mass is 10.2. The van der Waals surface area contributed by atoms with E-state index in [2.05, 4.69) is 5.32 Å². The van der Waals surface area contributed by atoms with Gasteiger partial charge in [-0.3, -0.25) is 5.41 Å². The normalized spacial score (nSPS) is 17.1. The Hall–Kier alpha value is -0.990. The molecule has 1 heterocycles. The minimum Gasteiger partial charge on any atom is -0.394 e. The lowest BCUT2D eigenvalue weighted by molar-refractivity contribution is 0.300. The van der Waals surface area contributed by atoms with Gasteiger partial charge in [0.05, 0.1) is 0 Å². The molecule has 0 aromatic rings. The first-order valence-corrected chi connectivity index (χ1v) is 3.52. The molecule has 0 aromatic heterocycles. The number of amidine groups is 1. The highest BCUT2D eigenvalue weighted by Gasteiger charge is 2.14. The van der Waals surface area contributed by atoms with Crippen LogP contribution < -0.4 is 5.32 Å². The molecule has 0 unspecified atom stereocenters. The quantitative estimate of drug-likeness (QED) is 0.429. The lowest BCUT2D eigenvalue weighted by Gasteiger charge is -2.31. The van der Waals surface area contributed by atoms with Crippen LogP contribution in [0.3, 0.4) is 0 Å². The van der Waals surface area contributed by atoms with Gasteiger partial charge in [-0.05, 0) is 18.7 Å². The van der Waals surface area contributed by atoms with Crippen molar-refractivity contribution in [2.45, 2.75) is 6.42 Å². The van der Waals surface area contributed by atoms with Gasteiger partial charge in [0.1, 0.15) is 5.84 Å². The van der Waals surface area contributed by atoms with Gasteiger partial charge in [0.25, 0.3) is 0 Å². The molecule has 1 rings (SSSR count). The molecule has 0 bridgehead atoms. The van der Waals surface area contributed by atoms with Crippen LogP contribution in [-0.4, -0.2) is 30.9 Å². The fourth-order valence-corrected chi connectivity index (χ4v) is 0.825. The van der Waals surface area contributed by atoms with Gasteiger partial charge in [0.2, 0.25) is 0 Å². The van der Waals surface area contributed by atoms with E-state index < -0.39 is 0 Å². The van der Waals surface area contributed by atoms with Crippen molar-refractivity contribution < 1.29 is 0 Å². The molecule has 0 spiro atoms. The molecular weight excluding hydrogens is 126 g/mol. The molecule has 1 fully saturated rings. The zero-order valence-corrected chi connectivity index (χ0v) is 6.22.